The predicted octanol–water partition coefficient (Wildman–Crippen LogP) is 2.75. The Hall–Kier alpha value is -2.08. The summed E-state index contributed by atoms with van der Waals surface area (Å²) in [5, 5.41) is 2.63. The molecular weight excluding hydrogens is 320 g/mol. The van der Waals surface area contributed by atoms with Gasteiger partial charge in [-0.15, -0.1) is 0 Å². The Kier molecular flexibility index (Phi) is 6.42. The van der Waals surface area contributed by atoms with Crippen molar-refractivity contribution in [2.75, 3.05) is 26.7 Å². The lowest BCUT2D eigenvalue weighted by molar-refractivity contribution is -0.147. The molecule has 0 spiro atoms. The Labute approximate surface area is 149 Å². The fourth-order valence-corrected chi connectivity index (χ4v) is 2.79. The van der Waals surface area contributed by atoms with Crippen molar-refractivity contribution in [3.8, 4) is 0 Å². The zero-order chi connectivity index (χ0) is 18.4. The molecule has 0 aromatic heterocycles. The number of amides is 1. The molecular formula is C19H28N2O4. The van der Waals surface area contributed by atoms with Crippen molar-refractivity contribution in [3.05, 3.63) is 35.9 Å². The molecule has 0 saturated carbocycles. The van der Waals surface area contributed by atoms with E-state index < -0.39 is 23.7 Å². The lowest BCUT2D eigenvalue weighted by Gasteiger charge is -2.23. The van der Waals surface area contributed by atoms with Crippen LogP contribution in [-0.4, -0.2) is 49.3 Å². The van der Waals surface area contributed by atoms with Crippen LogP contribution in [0.25, 0.3) is 0 Å². The molecule has 1 aromatic carbocycles. The maximum absolute atomic E-state index is 12.6. The number of rotatable bonds is 5. The summed E-state index contributed by atoms with van der Waals surface area (Å²) < 4.78 is 10.8. The molecule has 1 heterocycles. The first-order chi connectivity index (χ1) is 11.7. The molecule has 2 rings (SSSR count). The van der Waals surface area contributed by atoms with E-state index in [1.165, 1.54) is 0 Å². The van der Waals surface area contributed by atoms with Gasteiger partial charge in [0, 0.05) is 12.5 Å². The lowest BCUT2D eigenvalue weighted by Crippen LogP contribution is -2.39. The minimum Gasteiger partial charge on any atom is -0.464 e. The minimum atomic E-state index is -0.879. The summed E-state index contributed by atoms with van der Waals surface area (Å²) in [6, 6.07) is 8.18. The van der Waals surface area contributed by atoms with Gasteiger partial charge in [0.2, 0.25) is 0 Å². The molecule has 138 valence electrons. The number of nitrogens with zero attached hydrogens (tertiary/aromatic N) is 1. The van der Waals surface area contributed by atoms with Gasteiger partial charge in [0.15, 0.2) is 6.04 Å². The van der Waals surface area contributed by atoms with Gasteiger partial charge in [0.05, 0.1) is 6.61 Å². The standard InChI is InChI=1S/C19H28N2O4/c1-19(2,3)25-18(23)20-16(15-8-6-5-7-9-15)17(22)24-13-14-10-11-21(4)12-14/h5-9,14,16H,10-13H2,1-4H3,(H,20,23)/t14-,16?/m0/s1. The van der Waals surface area contributed by atoms with Crippen molar-refractivity contribution >= 4 is 12.1 Å². The molecule has 25 heavy (non-hydrogen) atoms. The third-order valence-corrected chi connectivity index (χ3v) is 3.98. The number of esters is 1. The van der Waals surface area contributed by atoms with Gasteiger partial charge in [0.25, 0.3) is 0 Å². The van der Waals surface area contributed by atoms with Crippen LogP contribution < -0.4 is 5.32 Å². The van der Waals surface area contributed by atoms with E-state index >= 15 is 0 Å². The molecule has 6 heteroatoms. The van der Waals surface area contributed by atoms with Crippen molar-refractivity contribution in [3.63, 3.8) is 0 Å². The highest BCUT2D eigenvalue weighted by Crippen LogP contribution is 2.19. The fraction of sp³-hybridized carbons (Fsp3) is 0.579. The van der Waals surface area contributed by atoms with E-state index in [9.17, 15) is 9.59 Å². The van der Waals surface area contributed by atoms with E-state index in [1.807, 2.05) is 18.2 Å². The molecule has 0 aliphatic carbocycles. The fourth-order valence-electron chi connectivity index (χ4n) is 2.79. The van der Waals surface area contributed by atoms with E-state index in [0.717, 1.165) is 19.5 Å². The molecule has 2 atom stereocenters. The van der Waals surface area contributed by atoms with Crippen molar-refractivity contribution < 1.29 is 19.1 Å². The van der Waals surface area contributed by atoms with Crippen LogP contribution in [0.15, 0.2) is 30.3 Å². The maximum atomic E-state index is 12.6. The summed E-state index contributed by atoms with van der Waals surface area (Å²) in [4.78, 5) is 26.9. The second kappa shape index (κ2) is 8.34. The van der Waals surface area contributed by atoms with Gasteiger partial charge >= 0.3 is 12.1 Å². The highest BCUT2D eigenvalue weighted by atomic mass is 16.6. The summed E-state index contributed by atoms with van der Waals surface area (Å²) >= 11 is 0. The molecule has 1 saturated heterocycles. The van der Waals surface area contributed by atoms with Crippen LogP contribution in [0.2, 0.25) is 0 Å². The number of nitrogens with one attached hydrogen (secondary N) is 1. The van der Waals surface area contributed by atoms with E-state index in [4.69, 9.17) is 9.47 Å². The molecule has 0 radical (unpaired) electrons. The third kappa shape index (κ3) is 6.38. The number of likely N-dealkylation sites (tertiary alicyclic amines) is 1. The summed E-state index contributed by atoms with van der Waals surface area (Å²) in [5.41, 5.74) is 0.0332. The predicted molar refractivity (Wildman–Crippen MR) is 95.1 cm³/mol. The smallest absolute Gasteiger partial charge is 0.408 e. The Morgan fingerprint density at radius 3 is 2.52 bits per heavy atom. The van der Waals surface area contributed by atoms with Crippen LogP contribution >= 0.6 is 0 Å². The van der Waals surface area contributed by atoms with Gasteiger partial charge in [-0.05, 0) is 46.3 Å². The van der Waals surface area contributed by atoms with Crippen molar-refractivity contribution in [1.29, 1.82) is 0 Å². The molecule has 1 aliphatic heterocycles. The van der Waals surface area contributed by atoms with E-state index in [0.29, 0.717) is 18.1 Å². The molecule has 1 unspecified atom stereocenters. The molecule has 1 amide bonds. The molecule has 1 N–H and O–H groups in total. The van der Waals surface area contributed by atoms with Gasteiger partial charge in [-0.2, -0.15) is 0 Å². The van der Waals surface area contributed by atoms with Gasteiger partial charge < -0.3 is 19.7 Å². The Balaban J connectivity index is 2.01. The number of ether oxygens (including phenoxy) is 2. The van der Waals surface area contributed by atoms with Gasteiger partial charge in [-0.1, -0.05) is 30.3 Å². The SMILES string of the molecule is CN1CC[C@H](COC(=O)C(NC(=O)OC(C)(C)C)c2ccccc2)C1. The first kappa shape index (κ1) is 19.2. The topological polar surface area (TPSA) is 67.9 Å². The van der Waals surface area contributed by atoms with Crippen LogP contribution in [0.1, 0.15) is 38.8 Å². The number of carbonyl (C=O) groups excluding carboxylic acids is 2. The first-order valence-corrected chi connectivity index (χ1v) is 8.64. The van der Waals surface area contributed by atoms with Crippen molar-refractivity contribution in [2.24, 2.45) is 5.92 Å². The van der Waals surface area contributed by atoms with Crippen LogP contribution in [0.5, 0.6) is 0 Å². The van der Waals surface area contributed by atoms with Crippen LogP contribution in [0, 0.1) is 5.92 Å². The zero-order valence-electron chi connectivity index (χ0n) is 15.5. The molecule has 1 fully saturated rings. The summed E-state index contributed by atoms with van der Waals surface area (Å²) in [6.45, 7) is 7.63. The number of carbonyl (C=O) groups is 2. The zero-order valence-corrected chi connectivity index (χ0v) is 15.5. The Morgan fingerprint density at radius 1 is 1.28 bits per heavy atom. The minimum absolute atomic E-state index is 0.340. The second-order valence-electron chi connectivity index (χ2n) is 7.54. The monoisotopic (exact) mass is 348 g/mol. The van der Waals surface area contributed by atoms with E-state index in [2.05, 4.69) is 17.3 Å². The van der Waals surface area contributed by atoms with E-state index in [1.54, 1.807) is 32.9 Å². The summed E-state index contributed by atoms with van der Waals surface area (Å²) in [5.74, 6) is -0.126. The quantitative estimate of drug-likeness (QED) is 0.829. The highest BCUT2D eigenvalue weighted by molar-refractivity contribution is 5.82. The maximum Gasteiger partial charge on any atom is 0.408 e. The first-order valence-electron chi connectivity index (χ1n) is 8.64. The van der Waals surface area contributed by atoms with Crippen LogP contribution in [0.4, 0.5) is 4.79 Å². The number of alkyl carbamates (subject to hydrolysis) is 1. The van der Waals surface area contributed by atoms with Crippen molar-refractivity contribution in [1.82, 2.24) is 10.2 Å². The largest absolute Gasteiger partial charge is 0.464 e. The lowest BCUT2D eigenvalue weighted by atomic mass is 10.1. The van der Waals surface area contributed by atoms with Gasteiger partial charge in [-0.3, -0.25) is 0 Å². The van der Waals surface area contributed by atoms with Crippen molar-refractivity contribution in [2.45, 2.75) is 38.8 Å². The average Bonchev–Trinajstić information content (AvgIpc) is 2.95. The third-order valence-electron chi connectivity index (χ3n) is 3.98. The number of benzene rings is 1. The highest BCUT2D eigenvalue weighted by Gasteiger charge is 2.28. The second-order valence-corrected chi connectivity index (χ2v) is 7.54. The van der Waals surface area contributed by atoms with Crippen LogP contribution in [0.3, 0.4) is 0 Å². The number of hydrogen-bond donors (Lipinski definition) is 1. The molecule has 1 aromatic rings. The molecule has 6 nitrogen and oxygen atoms in total. The van der Waals surface area contributed by atoms with Gasteiger partial charge in [-0.25, -0.2) is 9.59 Å². The van der Waals surface area contributed by atoms with Crippen LogP contribution in [-0.2, 0) is 14.3 Å². The molecule has 0 bridgehead atoms. The van der Waals surface area contributed by atoms with E-state index in [-0.39, 0.29) is 0 Å². The Morgan fingerprint density at radius 2 is 1.96 bits per heavy atom. The van der Waals surface area contributed by atoms with Gasteiger partial charge in [0.1, 0.15) is 5.60 Å². The summed E-state index contributed by atoms with van der Waals surface area (Å²) in [6.07, 6.45) is 0.373. The Bertz CT molecular complexity index is 583. The summed E-state index contributed by atoms with van der Waals surface area (Å²) in [7, 11) is 2.05. The average molecular weight is 348 g/mol. The normalized spacial score (nSPS) is 19.3. The molecule has 1 aliphatic rings. The number of hydrogen-bond acceptors (Lipinski definition) is 5.